The molecule has 66 heavy (non-hydrogen) atoms. The number of esters is 1. The SMILES string of the molecule is C/C=C/CC/C=C/CC/C=C/C(O)C(COC1OC(CO)C(O)C(O)C1O)NC(=O)CCCCCCC/C=C\CCCCCCCCCOC(=O)CCCCCCC/C=C\C/C=C\CCC. The number of carbonyl (C=O) groups excluding carboxylic acids is 2. The highest BCUT2D eigenvalue weighted by Gasteiger charge is 2.44. The number of allylic oxidation sites excluding steroid dienone is 11. The van der Waals surface area contributed by atoms with Gasteiger partial charge < -0.3 is 45.1 Å². The van der Waals surface area contributed by atoms with E-state index >= 15 is 0 Å². The maximum atomic E-state index is 12.9. The van der Waals surface area contributed by atoms with Gasteiger partial charge in [-0.05, 0) is 103 Å². The Balaban J connectivity index is 2.12. The number of aliphatic hydroxyl groups is 5. The molecule has 7 unspecified atom stereocenters. The number of rotatable bonds is 43. The summed E-state index contributed by atoms with van der Waals surface area (Å²) in [6.45, 7) is 3.95. The van der Waals surface area contributed by atoms with Crippen LogP contribution in [0.3, 0.4) is 0 Å². The predicted molar refractivity (Wildman–Crippen MR) is 269 cm³/mol. The highest BCUT2D eigenvalue weighted by molar-refractivity contribution is 5.76. The molecular weight excluding hydrogens is 835 g/mol. The van der Waals surface area contributed by atoms with E-state index < -0.39 is 49.5 Å². The number of nitrogens with one attached hydrogen (secondary N) is 1. The van der Waals surface area contributed by atoms with E-state index in [-0.39, 0.29) is 18.5 Å². The number of amides is 1. The van der Waals surface area contributed by atoms with Crippen LogP contribution in [0.1, 0.15) is 200 Å². The van der Waals surface area contributed by atoms with E-state index in [0.29, 0.717) is 25.9 Å². The summed E-state index contributed by atoms with van der Waals surface area (Å²) in [5.74, 6) is -0.259. The molecular formula is C55H95NO10. The molecule has 0 aromatic rings. The third-order valence-corrected chi connectivity index (χ3v) is 11.8. The molecule has 1 rings (SSSR count). The van der Waals surface area contributed by atoms with Gasteiger partial charge >= 0.3 is 5.97 Å². The fourth-order valence-corrected chi connectivity index (χ4v) is 7.62. The van der Waals surface area contributed by atoms with Crippen molar-refractivity contribution in [3.05, 3.63) is 72.9 Å². The van der Waals surface area contributed by atoms with Gasteiger partial charge in [-0.15, -0.1) is 0 Å². The van der Waals surface area contributed by atoms with Gasteiger partial charge in [-0.25, -0.2) is 0 Å². The molecule has 380 valence electrons. The number of ether oxygens (including phenoxy) is 3. The van der Waals surface area contributed by atoms with E-state index in [9.17, 15) is 35.1 Å². The molecule has 6 N–H and O–H groups in total. The molecule has 1 fully saturated rings. The third-order valence-electron chi connectivity index (χ3n) is 11.8. The van der Waals surface area contributed by atoms with Crippen LogP contribution in [0.25, 0.3) is 0 Å². The van der Waals surface area contributed by atoms with Gasteiger partial charge in [-0.3, -0.25) is 9.59 Å². The summed E-state index contributed by atoms with van der Waals surface area (Å²) in [7, 11) is 0. The van der Waals surface area contributed by atoms with Crippen LogP contribution >= 0.6 is 0 Å². The zero-order valence-electron chi connectivity index (χ0n) is 41.4. The van der Waals surface area contributed by atoms with Gasteiger partial charge in [0.15, 0.2) is 6.29 Å². The third kappa shape index (κ3) is 34.4. The van der Waals surface area contributed by atoms with E-state index in [1.165, 1.54) is 64.2 Å². The highest BCUT2D eigenvalue weighted by Crippen LogP contribution is 2.22. The Kier molecular flexibility index (Phi) is 41.3. The molecule has 0 radical (unpaired) electrons. The van der Waals surface area contributed by atoms with Crippen LogP contribution in [0.5, 0.6) is 0 Å². The molecule has 0 spiro atoms. The van der Waals surface area contributed by atoms with E-state index in [1.54, 1.807) is 6.08 Å². The van der Waals surface area contributed by atoms with Crippen molar-refractivity contribution in [2.75, 3.05) is 19.8 Å². The number of carbonyl (C=O) groups is 2. The molecule has 11 heteroatoms. The average Bonchev–Trinajstić information content (AvgIpc) is 3.31. The second-order valence-electron chi connectivity index (χ2n) is 17.9. The quantitative estimate of drug-likeness (QED) is 0.0196. The summed E-state index contributed by atoms with van der Waals surface area (Å²) in [4.78, 5) is 25.0. The van der Waals surface area contributed by atoms with E-state index in [1.807, 2.05) is 19.1 Å². The molecule has 11 nitrogen and oxygen atoms in total. The van der Waals surface area contributed by atoms with Crippen LogP contribution in [0.2, 0.25) is 0 Å². The molecule has 0 bridgehead atoms. The van der Waals surface area contributed by atoms with Gasteiger partial charge in [0.2, 0.25) is 5.91 Å². The molecule has 0 aromatic carbocycles. The first kappa shape index (κ1) is 61.1. The molecule has 0 saturated carbocycles. The van der Waals surface area contributed by atoms with Gasteiger partial charge in [-0.2, -0.15) is 0 Å². The first-order valence-electron chi connectivity index (χ1n) is 26.2. The topological polar surface area (TPSA) is 175 Å². The molecule has 0 aliphatic carbocycles. The second kappa shape index (κ2) is 44.6. The number of hydrogen-bond acceptors (Lipinski definition) is 10. The van der Waals surface area contributed by atoms with Crippen molar-refractivity contribution >= 4 is 11.9 Å². The fraction of sp³-hybridized carbons (Fsp3) is 0.745. The number of aliphatic hydroxyl groups excluding tert-OH is 5. The average molecular weight is 930 g/mol. The van der Waals surface area contributed by atoms with Gasteiger partial charge in [0.05, 0.1) is 32.0 Å². The minimum atomic E-state index is -1.59. The first-order valence-corrected chi connectivity index (χ1v) is 26.2. The monoisotopic (exact) mass is 930 g/mol. The summed E-state index contributed by atoms with van der Waals surface area (Å²) in [5.41, 5.74) is 0. The van der Waals surface area contributed by atoms with Gasteiger partial charge in [0.25, 0.3) is 0 Å². The maximum absolute atomic E-state index is 12.9. The molecule has 1 amide bonds. The normalized spacial score (nSPS) is 20.3. The summed E-state index contributed by atoms with van der Waals surface area (Å²) >= 11 is 0. The van der Waals surface area contributed by atoms with Crippen molar-refractivity contribution in [1.82, 2.24) is 5.32 Å². The number of hydrogen-bond donors (Lipinski definition) is 6. The van der Waals surface area contributed by atoms with E-state index in [4.69, 9.17) is 14.2 Å². The zero-order chi connectivity index (χ0) is 48.1. The van der Waals surface area contributed by atoms with Crippen molar-refractivity contribution in [1.29, 1.82) is 0 Å². The van der Waals surface area contributed by atoms with Crippen molar-refractivity contribution in [3.8, 4) is 0 Å². The lowest BCUT2D eigenvalue weighted by Gasteiger charge is -2.40. The first-order chi connectivity index (χ1) is 32.2. The lowest BCUT2D eigenvalue weighted by molar-refractivity contribution is -0.302. The Bertz CT molecular complexity index is 1330. The molecule has 1 saturated heterocycles. The predicted octanol–water partition coefficient (Wildman–Crippen LogP) is 10.9. The largest absolute Gasteiger partial charge is 0.466 e. The Morgan fingerprint density at radius 1 is 0.591 bits per heavy atom. The van der Waals surface area contributed by atoms with Gasteiger partial charge in [0, 0.05) is 12.8 Å². The maximum Gasteiger partial charge on any atom is 0.305 e. The van der Waals surface area contributed by atoms with Gasteiger partial charge in [0.1, 0.15) is 24.4 Å². The Morgan fingerprint density at radius 2 is 1.09 bits per heavy atom. The van der Waals surface area contributed by atoms with Crippen molar-refractivity contribution < 1.29 is 49.3 Å². The molecule has 0 aromatic heterocycles. The smallest absolute Gasteiger partial charge is 0.305 e. The van der Waals surface area contributed by atoms with E-state index in [2.05, 4.69) is 66.9 Å². The summed E-state index contributed by atoms with van der Waals surface area (Å²) in [5, 5.41) is 54.0. The second-order valence-corrected chi connectivity index (χ2v) is 17.9. The van der Waals surface area contributed by atoms with Crippen LogP contribution in [0.4, 0.5) is 0 Å². The van der Waals surface area contributed by atoms with Crippen molar-refractivity contribution in [3.63, 3.8) is 0 Å². The standard InChI is InChI=1S/C55H95NO10/c1-3-5-7-9-11-13-14-19-23-27-31-35-39-43-51(60)64-44-40-36-32-28-24-21-18-16-15-17-20-22-26-30-34-38-42-50(59)56-47(48(58)41-37-33-29-25-12-10-8-6-4-2)46-65-55-54(63)53(62)52(61)49(45-57)66-55/h4,6-7,9,12-15,17,25,37,41,47-49,52-55,57-58,61-63H,3,5,8,10-11,16,18-24,26-36,38-40,42-46H2,1-2H3,(H,56,59)/b6-4+,9-7-,14-13-,17-15-,25-12+,41-37+. The van der Waals surface area contributed by atoms with Crippen molar-refractivity contribution in [2.45, 2.75) is 243 Å². The van der Waals surface area contributed by atoms with Crippen LogP contribution < -0.4 is 5.32 Å². The zero-order valence-corrected chi connectivity index (χ0v) is 41.4. The minimum Gasteiger partial charge on any atom is -0.466 e. The Morgan fingerprint density at radius 3 is 1.68 bits per heavy atom. The lowest BCUT2D eigenvalue weighted by Crippen LogP contribution is -2.60. The minimum absolute atomic E-state index is 0.0393. The Hall–Kier alpha value is -2.90. The summed E-state index contributed by atoms with van der Waals surface area (Å²) < 4.78 is 16.6. The molecule has 1 aliphatic rings. The van der Waals surface area contributed by atoms with Gasteiger partial charge in [-0.1, -0.05) is 157 Å². The van der Waals surface area contributed by atoms with Crippen molar-refractivity contribution in [2.24, 2.45) is 0 Å². The Labute approximate surface area is 400 Å². The summed E-state index contributed by atoms with van der Waals surface area (Å²) in [6, 6.07) is -0.847. The summed E-state index contributed by atoms with van der Waals surface area (Å²) in [6.07, 6.45) is 47.2. The van der Waals surface area contributed by atoms with Crippen LogP contribution in [0.15, 0.2) is 72.9 Å². The lowest BCUT2D eigenvalue weighted by atomic mass is 9.99. The van der Waals surface area contributed by atoms with Crippen LogP contribution in [-0.4, -0.2) is 100 Å². The van der Waals surface area contributed by atoms with Crippen LogP contribution in [0, 0.1) is 0 Å². The fourth-order valence-electron chi connectivity index (χ4n) is 7.62. The molecule has 1 heterocycles. The molecule has 7 atom stereocenters. The van der Waals surface area contributed by atoms with Crippen LogP contribution in [-0.2, 0) is 23.8 Å². The molecule has 1 aliphatic heterocycles. The van der Waals surface area contributed by atoms with E-state index in [0.717, 1.165) is 103 Å². The highest BCUT2D eigenvalue weighted by atomic mass is 16.7. The number of unbranched alkanes of at least 4 members (excludes halogenated alkanes) is 20.